The molecule has 2 aromatic heterocycles. The number of hydrogen-bond donors (Lipinski definition) is 1. The number of rotatable bonds is 5. The summed E-state index contributed by atoms with van der Waals surface area (Å²) in [6.07, 6.45) is 4.76. The number of benzene rings is 2. The Morgan fingerprint density at radius 2 is 1.88 bits per heavy atom. The van der Waals surface area contributed by atoms with Crippen molar-refractivity contribution in [3.63, 3.8) is 0 Å². The van der Waals surface area contributed by atoms with Gasteiger partial charge < -0.3 is 5.32 Å². The molecular weight excluding hydrogens is 448 g/mol. The minimum atomic E-state index is -3.39. The number of carbonyl (C=O) groups excluding carboxylic acids is 1. The molecule has 0 spiro atoms. The summed E-state index contributed by atoms with van der Waals surface area (Å²) in [5, 5.41) is 7.83. The molecule has 2 aromatic carbocycles. The molecule has 1 saturated carbocycles. The Morgan fingerprint density at radius 1 is 1.12 bits per heavy atom. The molecule has 2 heterocycles. The lowest BCUT2D eigenvalue weighted by molar-refractivity contribution is 0.102. The minimum Gasteiger partial charge on any atom is -0.322 e. The molecule has 32 heavy (non-hydrogen) atoms. The number of fused-ring (bicyclic) bond motifs is 1. The molecule has 1 N–H and O–H groups in total. The molecule has 7 nitrogen and oxygen atoms in total. The van der Waals surface area contributed by atoms with Crippen LogP contribution in [0.5, 0.6) is 0 Å². The minimum absolute atomic E-state index is 0.134. The Labute approximate surface area is 190 Å². The second-order valence-corrected chi connectivity index (χ2v) is 10.3. The van der Waals surface area contributed by atoms with Gasteiger partial charge >= 0.3 is 0 Å². The van der Waals surface area contributed by atoms with Crippen molar-refractivity contribution in [3.05, 3.63) is 77.1 Å². The third-order valence-electron chi connectivity index (χ3n) is 5.40. The molecule has 5 rings (SSSR count). The van der Waals surface area contributed by atoms with Crippen LogP contribution in [0.15, 0.2) is 65.7 Å². The maximum atomic E-state index is 13.1. The molecule has 0 saturated heterocycles. The van der Waals surface area contributed by atoms with E-state index in [1.54, 1.807) is 28.8 Å². The van der Waals surface area contributed by atoms with E-state index in [1.165, 1.54) is 18.3 Å². The van der Waals surface area contributed by atoms with Crippen molar-refractivity contribution < 1.29 is 13.2 Å². The van der Waals surface area contributed by atoms with E-state index in [-0.39, 0.29) is 4.90 Å². The number of carbonyl (C=O) groups is 1. The SMILES string of the molecule is CS(=O)(=O)c1cccc(NC(=O)c2cnn3c(C4CC4)cc(-c4ccc(Cl)cc4)nc23)c1. The highest BCUT2D eigenvalue weighted by molar-refractivity contribution is 7.90. The Morgan fingerprint density at radius 3 is 2.56 bits per heavy atom. The summed E-state index contributed by atoms with van der Waals surface area (Å²) in [6, 6.07) is 15.6. The third-order valence-corrected chi connectivity index (χ3v) is 6.76. The van der Waals surface area contributed by atoms with Crippen molar-refractivity contribution in [3.8, 4) is 11.3 Å². The van der Waals surface area contributed by atoms with Crippen LogP contribution in [0.25, 0.3) is 16.9 Å². The lowest BCUT2D eigenvalue weighted by Crippen LogP contribution is -2.13. The fourth-order valence-corrected chi connectivity index (χ4v) is 4.38. The Kier molecular flexibility index (Phi) is 4.98. The van der Waals surface area contributed by atoms with Crippen molar-refractivity contribution >= 4 is 38.7 Å². The Hall–Kier alpha value is -3.23. The molecule has 0 atom stereocenters. The van der Waals surface area contributed by atoms with Gasteiger partial charge in [-0.25, -0.2) is 17.9 Å². The molecule has 162 valence electrons. The molecule has 9 heteroatoms. The second kappa shape index (κ2) is 7.72. The summed E-state index contributed by atoms with van der Waals surface area (Å²) >= 11 is 6.03. The van der Waals surface area contributed by atoms with Crippen LogP contribution in [-0.4, -0.2) is 35.2 Å². The molecule has 4 aromatic rings. The second-order valence-electron chi connectivity index (χ2n) is 7.90. The predicted octanol–water partition coefficient (Wildman–Crippen LogP) is 4.58. The number of halogens is 1. The Balaban J connectivity index is 1.56. The number of nitrogens with one attached hydrogen (secondary N) is 1. The molecule has 0 bridgehead atoms. The molecule has 0 aliphatic heterocycles. The number of amides is 1. The number of nitrogens with zero attached hydrogens (tertiary/aromatic N) is 3. The van der Waals surface area contributed by atoms with Gasteiger partial charge in [-0.05, 0) is 49.2 Å². The van der Waals surface area contributed by atoms with E-state index in [2.05, 4.69) is 10.4 Å². The van der Waals surface area contributed by atoms with E-state index in [1.807, 2.05) is 18.2 Å². The van der Waals surface area contributed by atoms with Crippen LogP contribution >= 0.6 is 11.6 Å². The average Bonchev–Trinajstić information content (AvgIpc) is 3.51. The van der Waals surface area contributed by atoms with Crippen LogP contribution in [0.1, 0.15) is 34.8 Å². The zero-order valence-corrected chi connectivity index (χ0v) is 18.7. The van der Waals surface area contributed by atoms with E-state index in [4.69, 9.17) is 16.6 Å². The van der Waals surface area contributed by atoms with Crippen molar-refractivity contribution in [1.82, 2.24) is 14.6 Å². The average molecular weight is 467 g/mol. The van der Waals surface area contributed by atoms with E-state index < -0.39 is 15.7 Å². The van der Waals surface area contributed by atoms with E-state index in [0.717, 1.165) is 36.0 Å². The number of aromatic nitrogens is 3. The zero-order chi connectivity index (χ0) is 22.5. The number of hydrogen-bond acceptors (Lipinski definition) is 5. The predicted molar refractivity (Wildman–Crippen MR) is 123 cm³/mol. The highest BCUT2D eigenvalue weighted by Gasteiger charge is 2.29. The molecule has 1 aliphatic rings. The molecule has 1 amide bonds. The van der Waals surface area contributed by atoms with Crippen molar-refractivity contribution in [2.45, 2.75) is 23.7 Å². The quantitative estimate of drug-likeness (QED) is 0.464. The number of anilines is 1. The normalized spacial score (nSPS) is 13.9. The zero-order valence-electron chi connectivity index (χ0n) is 17.1. The third kappa shape index (κ3) is 3.99. The standard InChI is InChI=1S/C23H19ClN4O3S/c1-32(30,31)18-4-2-3-17(11-18)26-23(29)19-13-25-28-21(15-5-6-15)12-20(27-22(19)28)14-7-9-16(24)10-8-14/h2-4,7-13,15H,5-6H2,1H3,(H,26,29). The lowest BCUT2D eigenvalue weighted by Gasteiger charge is -2.09. The molecule has 0 unspecified atom stereocenters. The summed E-state index contributed by atoms with van der Waals surface area (Å²) < 4.78 is 25.4. The maximum absolute atomic E-state index is 13.1. The van der Waals surface area contributed by atoms with Crippen LogP contribution in [0, 0.1) is 0 Å². The van der Waals surface area contributed by atoms with Crippen LogP contribution in [0.4, 0.5) is 5.69 Å². The summed E-state index contributed by atoms with van der Waals surface area (Å²) in [6.45, 7) is 0. The molecule has 1 fully saturated rings. The van der Waals surface area contributed by atoms with Gasteiger partial charge in [0.2, 0.25) is 0 Å². The van der Waals surface area contributed by atoms with Crippen molar-refractivity contribution in [2.24, 2.45) is 0 Å². The van der Waals surface area contributed by atoms with Crippen LogP contribution in [-0.2, 0) is 9.84 Å². The highest BCUT2D eigenvalue weighted by Crippen LogP contribution is 2.41. The largest absolute Gasteiger partial charge is 0.322 e. The molecular formula is C23H19ClN4O3S. The van der Waals surface area contributed by atoms with E-state index in [0.29, 0.717) is 27.8 Å². The number of sulfone groups is 1. The van der Waals surface area contributed by atoms with E-state index in [9.17, 15) is 13.2 Å². The smallest absolute Gasteiger partial charge is 0.261 e. The summed E-state index contributed by atoms with van der Waals surface area (Å²) in [5.41, 5.74) is 3.80. The topological polar surface area (TPSA) is 93.4 Å². The van der Waals surface area contributed by atoms with Gasteiger partial charge in [0.1, 0.15) is 5.56 Å². The first-order chi connectivity index (χ1) is 15.3. The van der Waals surface area contributed by atoms with Gasteiger partial charge in [0, 0.05) is 34.1 Å². The lowest BCUT2D eigenvalue weighted by atomic mass is 10.1. The maximum Gasteiger partial charge on any atom is 0.261 e. The highest BCUT2D eigenvalue weighted by atomic mass is 35.5. The van der Waals surface area contributed by atoms with Gasteiger partial charge in [-0.15, -0.1) is 0 Å². The van der Waals surface area contributed by atoms with Crippen molar-refractivity contribution in [1.29, 1.82) is 0 Å². The molecule has 0 radical (unpaired) electrons. The van der Waals surface area contributed by atoms with Gasteiger partial charge in [0.25, 0.3) is 5.91 Å². The van der Waals surface area contributed by atoms with Gasteiger partial charge in [0.05, 0.1) is 16.8 Å². The van der Waals surface area contributed by atoms with Gasteiger partial charge in [-0.1, -0.05) is 29.8 Å². The fourth-order valence-electron chi connectivity index (χ4n) is 3.59. The van der Waals surface area contributed by atoms with Gasteiger partial charge in [-0.3, -0.25) is 4.79 Å². The summed E-state index contributed by atoms with van der Waals surface area (Å²) in [5.74, 6) is -0.0260. The van der Waals surface area contributed by atoms with Gasteiger partial charge in [-0.2, -0.15) is 5.10 Å². The first kappa shape index (κ1) is 20.7. The summed E-state index contributed by atoms with van der Waals surface area (Å²) in [7, 11) is -3.39. The van der Waals surface area contributed by atoms with Crippen LogP contribution in [0.2, 0.25) is 5.02 Å². The van der Waals surface area contributed by atoms with Crippen LogP contribution in [0.3, 0.4) is 0 Å². The Bertz CT molecular complexity index is 1460. The van der Waals surface area contributed by atoms with Gasteiger partial charge in [0.15, 0.2) is 15.5 Å². The van der Waals surface area contributed by atoms with Crippen LogP contribution < -0.4 is 5.32 Å². The van der Waals surface area contributed by atoms with E-state index >= 15 is 0 Å². The first-order valence-electron chi connectivity index (χ1n) is 10.1. The first-order valence-corrected chi connectivity index (χ1v) is 12.3. The monoisotopic (exact) mass is 466 g/mol. The van der Waals surface area contributed by atoms with Crippen molar-refractivity contribution in [2.75, 3.05) is 11.6 Å². The summed E-state index contributed by atoms with van der Waals surface area (Å²) in [4.78, 5) is 17.9. The fraction of sp³-hybridized carbons (Fsp3) is 0.174. The molecule has 1 aliphatic carbocycles.